The second-order valence-electron chi connectivity index (χ2n) is 4.47. The Morgan fingerprint density at radius 2 is 2.09 bits per heavy atom. The van der Waals surface area contributed by atoms with Crippen molar-refractivity contribution in [2.24, 2.45) is 0 Å². The lowest BCUT2D eigenvalue weighted by Crippen LogP contribution is -2.26. The standard InChI is InChI=1S/C15H13F2N3O2/c16-13-3-2-12(5-14(13)17)22-9-11(21)8-20-15-4-1-10(6-18)7-19-15/h1-5,7,11,21H,8-9H2,(H,19,20). The van der Waals surface area contributed by atoms with Gasteiger partial charge in [0.15, 0.2) is 11.6 Å². The minimum Gasteiger partial charge on any atom is -0.491 e. The number of halogens is 2. The molecule has 2 rings (SSSR count). The van der Waals surface area contributed by atoms with E-state index in [1.807, 2.05) is 6.07 Å². The first kappa shape index (κ1) is 15.7. The van der Waals surface area contributed by atoms with Crippen LogP contribution < -0.4 is 10.1 Å². The van der Waals surface area contributed by atoms with Crippen molar-refractivity contribution in [3.8, 4) is 11.8 Å². The lowest BCUT2D eigenvalue weighted by molar-refractivity contribution is 0.117. The van der Waals surface area contributed by atoms with Crippen LogP contribution in [0.4, 0.5) is 14.6 Å². The van der Waals surface area contributed by atoms with Crippen LogP contribution in [0.25, 0.3) is 0 Å². The van der Waals surface area contributed by atoms with Crippen LogP contribution in [0.2, 0.25) is 0 Å². The van der Waals surface area contributed by atoms with Crippen molar-refractivity contribution in [3.63, 3.8) is 0 Å². The highest BCUT2D eigenvalue weighted by atomic mass is 19.2. The number of benzene rings is 1. The molecule has 0 amide bonds. The van der Waals surface area contributed by atoms with Crippen molar-refractivity contribution in [3.05, 3.63) is 53.7 Å². The van der Waals surface area contributed by atoms with E-state index < -0.39 is 17.7 Å². The Kier molecular flexibility index (Phi) is 5.22. The smallest absolute Gasteiger partial charge is 0.162 e. The fraction of sp³-hybridized carbons (Fsp3) is 0.200. The Morgan fingerprint density at radius 3 is 2.73 bits per heavy atom. The summed E-state index contributed by atoms with van der Waals surface area (Å²) in [5.74, 6) is -1.33. The fourth-order valence-corrected chi connectivity index (χ4v) is 1.60. The molecule has 114 valence electrons. The van der Waals surface area contributed by atoms with E-state index in [0.29, 0.717) is 11.4 Å². The SMILES string of the molecule is N#Cc1ccc(NCC(O)COc2ccc(F)c(F)c2)nc1. The number of aromatic nitrogens is 1. The van der Waals surface area contributed by atoms with Gasteiger partial charge >= 0.3 is 0 Å². The normalized spacial score (nSPS) is 11.5. The number of aliphatic hydroxyl groups is 1. The van der Waals surface area contributed by atoms with Crippen LogP contribution in [0.15, 0.2) is 36.5 Å². The predicted molar refractivity (Wildman–Crippen MR) is 75.3 cm³/mol. The number of hydrogen-bond donors (Lipinski definition) is 2. The molecule has 0 spiro atoms. The van der Waals surface area contributed by atoms with Gasteiger partial charge in [0, 0.05) is 18.8 Å². The van der Waals surface area contributed by atoms with Crippen LogP contribution in [-0.2, 0) is 0 Å². The van der Waals surface area contributed by atoms with Gasteiger partial charge in [-0.15, -0.1) is 0 Å². The lowest BCUT2D eigenvalue weighted by Gasteiger charge is -2.13. The molecular formula is C15H13F2N3O2. The minimum atomic E-state index is -1.01. The van der Waals surface area contributed by atoms with Gasteiger partial charge in [-0.3, -0.25) is 0 Å². The molecule has 0 saturated heterocycles. The highest BCUT2D eigenvalue weighted by Crippen LogP contribution is 2.15. The van der Waals surface area contributed by atoms with Gasteiger partial charge < -0.3 is 15.2 Å². The number of aliphatic hydroxyl groups excluding tert-OH is 1. The largest absolute Gasteiger partial charge is 0.491 e. The topological polar surface area (TPSA) is 78.2 Å². The first-order chi connectivity index (χ1) is 10.6. The van der Waals surface area contributed by atoms with Crippen LogP contribution in [0.1, 0.15) is 5.56 Å². The Balaban J connectivity index is 1.78. The van der Waals surface area contributed by atoms with E-state index in [-0.39, 0.29) is 18.9 Å². The van der Waals surface area contributed by atoms with Gasteiger partial charge in [-0.1, -0.05) is 0 Å². The van der Waals surface area contributed by atoms with E-state index in [2.05, 4.69) is 10.3 Å². The third-order valence-corrected chi connectivity index (χ3v) is 2.74. The molecule has 1 atom stereocenters. The maximum atomic E-state index is 13.0. The predicted octanol–water partition coefficient (Wildman–Crippen LogP) is 2.08. The fourth-order valence-electron chi connectivity index (χ4n) is 1.60. The van der Waals surface area contributed by atoms with Gasteiger partial charge in [-0.2, -0.15) is 5.26 Å². The van der Waals surface area contributed by atoms with Crippen molar-refractivity contribution in [2.75, 3.05) is 18.5 Å². The summed E-state index contributed by atoms with van der Waals surface area (Å²) in [5.41, 5.74) is 0.438. The van der Waals surface area contributed by atoms with Crippen LogP contribution in [0, 0.1) is 23.0 Å². The summed E-state index contributed by atoms with van der Waals surface area (Å²) in [5, 5.41) is 21.3. The third kappa shape index (κ3) is 4.40. The summed E-state index contributed by atoms with van der Waals surface area (Å²) in [6.45, 7) is 0.0664. The number of nitriles is 1. The molecule has 1 unspecified atom stereocenters. The zero-order chi connectivity index (χ0) is 15.9. The summed E-state index contributed by atoms with van der Waals surface area (Å²) < 4.78 is 30.9. The summed E-state index contributed by atoms with van der Waals surface area (Å²) in [6, 6.07) is 8.31. The number of nitrogens with one attached hydrogen (secondary N) is 1. The van der Waals surface area contributed by atoms with Crippen molar-refractivity contribution >= 4 is 5.82 Å². The molecule has 0 bridgehead atoms. The number of anilines is 1. The molecule has 7 heteroatoms. The summed E-state index contributed by atoms with van der Waals surface area (Å²) >= 11 is 0. The zero-order valence-corrected chi connectivity index (χ0v) is 11.5. The van der Waals surface area contributed by atoms with Gasteiger partial charge in [0.25, 0.3) is 0 Å². The molecule has 22 heavy (non-hydrogen) atoms. The highest BCUT2D eigenvalue weighted by molar-refractivity contribution is 5.38. The highest BCUT2D eigenvalue weighted by Gasteiger charge is 2.08. The molecule has 5 nitrogen and oxygen atoms in total. The van der Waals surface area contributed by atoms with E-state index in [1.54, 1.807) is 12.1 Å². The summed E-state index contributed by atoms with van der Waals surface area (Å²) in [6.07, 6.45) is 0.539. The Hall–Kier alpha value is -2.72. The molecule has 0 saturated carbocycles. The van der Waals surface area contributed by atoms with Crippen molar-refractivity contribution < 1.29 is 18.6 Å². The molecule has 1 aromatic carbocycles. The van der Waals surface area contributed by atoms with E-state index >= 15 is 0 Å². The zero-order valence-electron chi connectivity index (χ0n) is 11.5. The van der Waals surface area contributed by atoms with E-state index in [9.17, 15) is 13.9 Å². The van der Waals surface area contributed by atoms with Gasteiger partial charge in [0.2, 0.25) is 0 Å². The van der Waals surface area contributed by atoms with Gasteiger partial charge in [-0.25, -0.2) is 13.8 Å². The molecule has 0 aliphatic carbocycles. The van der Waals surface area contributed by atoms with E-state index in [0.717, 1.165) is 12.1 Å². The molecule has 2 aromatic rings. The average molecular weight is 305 g/mol. The second kappa shape index (κ2) is 7.33. The number of ether oxygens (including phenoxy) is 1. The van der Waals surface area contributed by atoms with Gasteiger partial charge in [-0.05, 0) is 24.3 Å². The van der Waals surface area contributed by atoms with Crippen LogP contribution in [-0.4, -0.2) is 29.3 Å². The lowest BCUT2D eigenvalue weighted by atomic mass is 10.3. The minimum absolute atomic E-state index is 0.0889. The first-order valence-electron chi connectivity index (χ1n) is 6.44. The molecule has 0 aliphatic heterocycles. The summed E-state index contributed by atoms with van der Waals surface area (Å²) in [7, 11) is 0. The monoisotopic (exact) mass is 305 g/mol. The molecule has 2 N–H and O–H groups in total. The number of hydrogen-bond acceptors (Lipinski definition) is 5. The summed E-state index contributed by atoms with van der Waals surface area (Å²) in [4.78, 5) is 3.98. The quantitative estimate of drug-likeness (QED) is 0.854. The van der Waals surface area contributed by atoms with Crippen LogP contribution >= 0.6 is 0 Å². The Morgan fingerprint density at radius 1 is 1.27 bits per heavy atom. The van der Waals surface area contributed by atoms with Crippen molar-refractivity contribution in [1.29, 1.82) is 5.26 Å². The van der Waals surface area contributed by atoms with Crippen LogP contribution in [0.3, 0.4) is 0 Å². The first-order valence-corrected chi connectivity index (χ1v) is 6.44. The average Bonchev–Trinajstić information content (AvgIpc) is 2.54. The molecule has 0 radical (unpaired) electrons. The third-order valence-electron chi connectivity index (χ3n) is 2.74. The van der Waals surface area contributed by atoms with Crippen molar-refractivity contribution in [1.82, 2.24) is 4.98 Å². The molecule has 0 aliphatic rings. The molecule has 1 heterocycles. The second-order valence-corrected chi connectivity index (χ2v) is 4.47. The Labute approximate surface area is 125 Å². The molecule has 0 fully saturated rings. The van der Waals surface area contributed by atoms with E-state index in [4.69, 9.17) is 10.00 Å². The van der Waals surface area contributed by atoms with Gasteiger partial charge in [0.1, 0.15) is 30.3 Å². The number of nitrogens with zero attached hydrogens (tertiary/aromatic N) is 2. The molecule has 1 aromatic heterocycles. The molecular weight excluding hydrogens is 292 g/mol. The van der Waals surface area contributed by atoms with Gasteiger partial charge in [0.05, 0.1) is 5.56 Å². The maximum absolute atomic E-state index is 13.0. The van der Waals surface area contributed by atoms with Crippen LogP contribution in [0.5, 0.6) is 5.75 Å². The van der Waals surface area contributed by atoms with E-state index in [1.165, 1.54) is 12.3 Å². The number of rotatable bonds is 6. The van der Waals surface area contributed by atoms with Crippen molar-refractivity contribution in [2.45, 2.75) is 6.10 Å². The maximum Gasteiger partial charge on any atom is 0.162 e. The Bertz CT molecular complexity index is 671. The number of pyridine rings is 1.